The van der Waals surface area contributed by atoms with Gasteiger partial charge in [0.15, 0.2) is 0 Å². The van der Waals surface area contributed by atoms with Gasteiger partial charge in [0.2, 0.25) is 11.8 Å². The molecule has 26 heavy (non-hydrogen) atoms. The van der Waals surface area contributed by atoms with Crippen molar-refractivity contribution in [2.75, 3.05) is 31.5 Å². The first kappa shape index (κ1) is 17.2. The zero-order valence-corrected chi connectivity index (χ0v) is 15.3. The lowest BCUT2D eigenvalue weighted by atomic mass is 9.95. The lowest BCUT2D eigenvalue weighted by Crippen LogP contribution is -2.43. The monoisotopic (exact) mass is 357 g/mol. The van der Waals surface area contributed by atoms with Crippen LogP contribution in [-0.2, 0) is 9.59 Å². The molecule has 2 amide bonds. The Morgan fingerprint density at radius 1 is 1.08 bits per heavy atom. The van der Waals surface area contributed by atoms with Gasteiger partial charge in [-0.05, 0) is 31.6 Å². The summed E-state index contributed by atoms with van der Waals surface area (Å²) in [6.07, 6.45) is 9.02. The number of amides is 2. The molecule has 0 radical (unpaired) electrons. The van der Waals surface area contributed by atoms with E-state index < -0.39 is 0 Å². The highest BCUT2D eigenvalue weighted by molar-refractivity contribution is 5.80. The maximum Gasteiger partial charge on any atom is 0.225 e. The van der Waals surface area contributed by atoms with E-state index in [0.29, 0.717) is 36.9 Å². The van der Waals surface area contributed by atoms with Crippen molar-refractivity contribution in [3.63, 3.8) is 0 Å². The third kappa shape index (κ3) is 3.39. The summed E-state index contributed by atoms with van der Waals surface area (Å²) in [7, 11) is 0. The molecule has 7 heteroatoms. The fraction of sp³-hybridized carbons (Fsp3) is 0.684. The number of hydrogen-bond donors (Lipinski definition) is 1. The minimum atomic E-state index is 0.0795. The van der Waals surface area contributed by atoms with Gasteiger partial charge in [0.25, 0.3) is 0 Å². The maximum absolute atomic E-state index is 13.0. The van der Waals surface area contributed by atoms with Crippen molar-refractivity contribution in [1.29, 1.82) is 0 Å². The molecule has 3 atom stereocenters. The van der Waals surface area contributed by atoms with Crippen LogP contribution in [0.4, 0.5) is 5.82 Å². The molecule has 1 aliphatic carbocycles. The molecule has 3 aliphatic rings. The molecule has 2 aliphatic heterocycles. The number of aromatic nitrogens is 2. The summed E-state index contributed by atoms with van der Waals surface area (Å²) < 4.78 is 0. The van der Waals surface area contributed by atoms with Crippen LogP contribution < -0.4 is 5.32 Å². The molecule has 3 fully saturated rings. The van der Waals surface area contributed by atoms with Crippen LogP contribution in [0.1, 0.15) is 32.6 Å². The molecule has 0 unspecified atom stereocenters. The fourth-order valence-electron chi connectivity index (χ4n) is 4.89. The SMILES string of the molecule is CC(=O)N1CCC(C(=O)N2C[C@H]3CC[C@@H](Nc4cnccn4)[C@H]3C2)CC1. The minimum Gasteiger partial charge on any atom is -0.366 e. The van der Waals surface area contributed by atoms with Crippen molar-refractivity contribution in [2.45, 2.75) is 38.6 Å². The topological polar surface area (TPSA) is 78.4 Å². The first-order chi connectivity index (χ1) is 12.6. The van der Waals surface area contributed by atoms with Crippen LogP contribution in [0.15, 0.2) is 18.6 Å². The Balaban J connectivity index is 1.33. The zero-order valence-electron chi connectivity index (χ0n) is 15.3. The number of carbonyl (C=O) groups is 2. The third-order valence-corrected chi connectivity index (χ3v) is 6.35. The molecular weight excluding hydrogens is 330 g/mol. The highest BCUT2D eigenvalue weighted by Crippen LogP contribution is 2.40. The van der Waals surface area contributed by atoms with Gasteiger partial charge in [-0.15, -0.1) is 0 Å². The number of anilines is 1. The summed E-state index contributed by atoms with van der Waals surface area (Å²) in [5.74, 6) is 2.39. The van der Waals surface area contributed by atoms with Crippen LogP contribution in [0.5, 0.6) is 0 Å². The van der Waals surface area contributed by atoms with Gasteiger partial charge < -0.3 is 15.1 Å². The Bertz CT molecular complexity index is 659. The van der Waals surface area contributed by atoms with Crippen molar-refractivity contribution >= 4 is 17.6 Å². The van der Waals surface area contributed by atoms with Crippen LogP contribution in [0, 0.1) is 17.8 Å². The molecule has 0 aromatic carbocycles. The number of rotatable bonds is 3. The molecule has 140 valence electrons. The Labute approximate surface area is 154 Å². The van der Waals surface area contributed by atoms with E-state index in [0.717, 1.165) is 44.6 Å². The van der Waals surface area contributed by atoms with Crippen molar-refractivity contribution in [3.05, 3.63) is 18.6 Å². The second kappa shape index (κ2) is 7.21. The molecule has 1 aromatic heterocycles. The van der Waals surface area contributed by atoms with E-state index in [9.17, 15) is 9.59 Å². The summed E-state index contributed by atoms with van der Waals surface area (Å²) in [6.45, 7) is 4.75. The standard InChI is InChI=1S/C19H27N5O2/c1-13(25)23-8-4-14(5-9-23)19(26)24-11-15-2-3-17(16(15)12-24)22-18-10-20-6-7-21-18/h6-7,10,14-17H,2-5,8-9,11-12H2,1H3,(H,21,22)/t15-,16+,17-/m1/s1. The molecule has 1 N–H and O–H groups in total. The third-order valence-electron chi connectivity index (χ3n) is 6.35. The van der Waals surface area contributed by atoms with Crippen molar-refractivity contribution in [1.82, 2.24) is 19.8 Å². The summed E-state index contributed by atoms with van der Waals surface area (Å²) in [5, 5.41) is 3.51. The first-order valence-corrected chi connectivity index (χ1v) is 9.68. The molecule has 1 saturated carbocycles. The van der Waals surface area contributed by atoms with Crippen LogP contribution in [0.3, 0.4) is 0 Å². The van der Waals surface area contributed by atoms with E-state index in [1.54, 1.807) is 25.5 Å². The highest BCUT2D eigenvalue weighted by Gasteiger charge is 2.45. The van der Waals surface area contributed by atoms with E-state index in [4.69, 9.17) is 0 Å². The van der Waals surface area contributed by atoms with E-state index in [-0.39, 0.29) is 11.8 Å². The van der Waals surface area contributed by atoms with Gasteiger partial charge in [-0.2, -0.15) is 0 Å². The van der Waals surface area contributed by atoms with Gasteiger partial charge in [-0.3, -0.25) is 14.6 Å². The van der Waals surface area contributed by atoms with Crippen LogP contribution in [0.2, 0.25) is 0 Å². The molecular formula is C19H27N5O2. The molecule has 1 aromatic rings. The second-order valence-corrected chi connectivity index (χ2v) is 7.87. The second-order valence-electron chi connectivity index (χ2n) is 7.87. The van der Waals surface area contributed by atoms with E-state index in [1.165, 1.54) is 0 Å². The average molecular weight is 357 g/mol. The van der Waals surface area contributed by atoms with Crippen LogP contribution >= 0.6 is 0 Å². The number of carbonyl (C=O) groups excluding carboxylic acids is 2. The number of hydrogen-bond acceptors (Lipinski definition) is 5. The minimum absolute atomic E-state index is 0.0795. The van der Waals surface area contributed by atoms with Crippen molar-refractivity contribution in [2.24, 2.45) is 17.8 Å². The Morgan fingerprint density at radius 2 is 1.88 bits per heavy atom. The number of nitrogens with zero attached hydrogens (tertiary/aromatic N) is 4. The predicted octanol–water partition coefficient (Wildman–Crippen LogP) is 1.38. The smallest absolute Gasteiger partial charge is 0.225 e. The molecule has 3 heterocycles. The molecule has 7 nitrogen and oxygen atoms in total. The summed E-state index contributed by atoms with van der Waals surface area (Å²) in [6, 6.07) is 0.370. The first-order valence-electron chi connectivity index (χ1n) is 9.68. The molecule has 0 bridgehead atoms. The zero-order chi connectivity index (χ0) is 18.1. The normalized spacial score (nSPS) is 28.9. The fourth-order valence-corrected chi connectivity index (χ4v) is 4.89. The summed E-state index contributed by atoms with van der Waals surface area (Å²) in [5.41, 5.74) is 0. The van der Waals surface area contributed by atoms with Crippen molar-refractivity contribution < 1.29 is 9.59 Å². The molecule has 0 spiro atoms. The predicted molar refractivity (Wildman–Crippen MR) is 97.2 cm³/mol. The quantitative estimate of drug-likeness (QED) is 0.884. The van der Waals surface area contributed by atoms with Crippen LogP contribution in [-0.4, -0.2) is 63.8 Å². The summed E-state index contributed by atoms with van der Waals surface area (Å²) >= 11 is 0. The van der Waals surface area contributed by atoms with Gasteiger partial charge in [0.1, 0.15) is 5.82 Å². The average Bonchev–Trinajstić information content (AvgIpc) is 3.24. The number of fused-ring (bicyclic) bond motifs is 1. The lowest BCUT2D eigenvalue weighted by molar-refractivity contribution is -0.139. The molecule has 4 rings (SSSR count). The Kier molecular flexibility index (Phi) is 4.78. The summed E-state index contributed by atoms with van der Waals surface area (Å²) in [4.78, 5) is 36.8. The van der Waals surface area contributed by atoms with Gasteiger partial charge >= 0.3 is 0 Å². The van der Waals surface area contributed by atoms with E-state index in [2.05, 4.69) is 20.2 Å². The highest BCUT2D eigenvalue weighted by atomic mass is 16.2. The van der Waals surface area contributed by atoms with Gasteiger partial charge in [-0.25, -0.2) is 4.98 Å². The van der Waals surface area contributed by atoms with Gasteiger partial charge in [-0.1, -0.05) is 0 Å². The number of nitrogens with one attached hydrogen (secondary N) is 1. The molecule has 2 saturated heterocycles. The number of piperidine rings is 1. The largest absolute Gasteiger partial charge is 0.366 e. The number of likely N-dealkylation sites (tertiary alicyclic amines) is 2. The Morgan fingerprint density at radius 3 is 2.58 bits per heavy atom. The maximum atomic E-state index is 13.0. The van der Waals surface area contributed by atoms with Crippen LogP contribution in [0.25, 0.3) is 0 Å². The van der Waals surface area contributed by atoms with E-state index >= 15 is 0 Å². The van der Waals surface area contributed by atoms with Gasteiger partial charge in [0.05, 0.1) is 6.20 Å². The van der Waals surface area contributed by atoms with E-state index in [1.807, 2.05) is 4.90 Å². The Hall–Kier alpha value is -2.18. The van der Waals surface area contributed by atoms with Gasteiger partial charge in [0, 0.05) is 63.4 Å². The lowest BCUT2D eigenvalue weighted by Gasteiger charge is -2.33. The van der Waals surface area contributed by atoms with Crippen molar-refractivity contribution in [3.8, 4) is 0 Å².